The Morgan fingerprint density at radius 3 is 2.79 bits per heavy atom. The average molecular weight is 257 g/mol. The van der Waals surface area contributed by atoms with E-state index in [4.69, 9.17) is 5.26 Å². The quantitative estimate of drug-likeness (QED) is 0.868. The fourth-order valence-electron chi connectivity index (χ4n) is 3.32. The fraction of sp³-hybridized carbons (Fsp3) is 0.625. The second kappa shape index (κ2) is 6.06. The van der Waals surface area contributed by atoms with E-state index in [9.17, 15) is 0 Å². The van der Waals surface area contributed by atoms with Crippen LogP contribution in [0.5, 0.6) is 0 Å². The highest BCUT2D eigenvalue weighted by Crippen LogP contribution is 2.43. The first-order valence-corrected chi connectivity index (χ1v) is 7.24. The lowest BCUT2D eigenvalue weighted by molar-refractivity contribution is 0.252. The van der Waals surface area contributed by atoms with Gasteiger partial charge in [0.2, 0.25) is 0 Å². The van der Waals surface area contributed by atoms with Crippen LogP contribution in [0.25, 0.3) is 0 Å². The highest BCUT2D eigenvalue weighted by Gasteiger charge is 2.34. The van der Waals surface area contributed by atoms with Crippen molar-refractivity contribution in [3.8, 4) is 6.07 Å². The molecule has 0 bridgehead atoms. The predicted octanol–water partition coefficient (Wildman–Crippen LogP) is 3.97. The van der Waals surface area contributed by atoms with Gasteiger partial charge in [-0.15, -0.1) is 0 Å². The summed E-state index contributed by atoms with van der Waals surface area (Å²) in [5, 5.41) is 12.4. The van der Waals surface area contributed by atoms with Gasteiger partial charge in [-0.05, 0) is 42.7 Å². The van der Waals surface area contributed by atoms with Gasteiger partial charge in [0.1, 0.15) is 5.82 Å². The smallest absolute Gasteiger partial charge is 0.127 e. The zero-order chi connectivity index (χ0) is 13.7. The van der Waals surface area contributed by atoms with E-state index >= 15 is 0 Å². The number of hydrogen-bond donors (Lipinski definition) is 1. The molecule has 2 rings (SSSR count). The molecule has 0 radical (unpaired) electrons. The van der Waals surface area contributed by atoms with Gasteiger partial charge in [0.05, 0.1) is 11.6 Å². The molecule has 19 heavy (non-hydrogen) atoms. The van der Waals surface area contributed by atoms with Gasteiger partial charge >= 0.3 is 0 Å². The fourth-order valence-corrected chi connectivity index (χ4v) is 3.32. The minimum atomic E-state index is 0.429. The Balaban J connectivity index is 2.00. The van der Waals surface area contributed by atoms with Crippen LogP contribution in [0, 0.1) is 22.7 Å². The molecule has 0 amide bonds. The number of rotatable bonds is 5. The van der Waals surface area contributed by atoms with Crippen LogP contribution in [0.1, 0.15) is 51.5 Å². The first-order valence-electron chi connectivity index (χ1n) is 7.24. The molecule has 1 aliphatic carbocycles. The zero-order valence-electron chi connectivity index (χ0n) is 11.9. The van der Waals surface area contributed by atoms with E-state index in [-0.39, 0.29) is 0 Å². The van der Waals surface area contributed by atoms with Crippen molar-refractivity contribution in [2.45, 2.75) is 46.0 Å². The number of aromatic nitrogens is 1. The molecule has 1 aliphatic rings. The Morgan fingerprint density at radius 2 is 2.16 bits per heavy atom. The molecule has 1 fully saturated rings. The van der Waals surface area contributed by atoms with Crippen LogP contribution in [-0.4, -0.2) is 11.5 Å². The van der Waals surface area contributed by atoms with Crippen LogP contribution in [0.4, 0.5) is 5.82 Å². The molecule has 1 N–H and O–H groups in total. The molecule has 1 aromatic heterocycles. The summed E-state index contributed by atoms with van der Waals surface area (Å²) in [5.41, 5.74) is 1.10. The standard InChI is InChI=1S/C16H23N3/c1-13(2)10-16(6-3-4-7-16)12-19-15-9-14(11-17)5-8-18-15/h5,8-9,13H,3-4,6-7,10,12H2,1-2H3,(H,18,19). The molecule has 0 aromatic carbocycles. The molecular formula is C16H23N3. The van der Waals surface area contributed by atoms with Gasteiger partial charge in [-0.3, -0.25) is 0 Å². The van der Waals surface area contributed by atoms with E-state index in [2.05, 4.69) is 30.2 Å². The Labute approximate surface area is 116 Å². The molecule has 0 saturated heterocycles. The number of nitrogens with one attached hydrogen (secondary N) is 1. The largest absolute Gasteiger partial charge is 0.369 e. The van der Waals surface area contributed by atoms with Gasteiger partial charge in [0, 0.05) is 12.7 Å². The second-order valence-corrected chi connectivity index (χ2v) is 6.20. The maximum atomic E-state index is 8.91. The van der Waals surface area contributed by atoms with E-state index in [1.165, 1.54) is 32.1 Å². The van der Waals surface area contributed by atoms with E-state index in [0.29, 0.717) is 11.0 Å². The predicted molar refractivity (Wildman–Crippen MR) is 77.8 cm³/mol. The minimum absolute atomic E-state index is 0.429. The summed E-state index contributed by atoms with van der Waals surface area (Å²) in [6.45, 7) is 5.58. The average Bonchev–Trinajstić information content (AvgIpc) is 2.85. The Morgan fingerprint density at radius 1 is 1.42 bits per heavy atom. The summed E-state index contributed by atoms with van der Waals surface area (Å²) in [6, 6.07) is 5.73. The lowest BCUT2D eigenvalue weighted by Gasteiger charge is -2.31. The van der Waals surface area contributed by atoms with Gasteiger partial charge < -0.3 is 5.32 Å². The third kappa shape index (κ3) is 3.70. The Hall–Kier alpha value is -1.56. The molecule has 0 atom stereocenters. The Kier molecular flexibility index (Phi) is 4.42. The Bertz CT molecular complexity index is 453. The van der Waals surface area contributed by atoms with Crippen molar-refractivity contribution in [3.05, 3.63) is 23.9 Å². The molecule has 0 spiro atoms. The van der Waals surface area contributed by atoms with Crippen molar-refractivity contribution in [1.82, 2.24) is 4.98 Å². The van der Waals surface area contributed by atoms with Crippen molar-refractivity contribution in [3.63, 3.8) is 0 Å². The molecule has 1 aromatic rings. The van der Waals surface area contributed by atoms with Crippen molar-refractivity contribution in [1.29, 1.82) is 5.26 Å². The number of nitrogens with zero attached hydrogens (tertiary/aromatic N) is 2. The number of nitriles is 1. The summed E-state index contributed by atoms with van der Waals surface area (Å²) < 4.78 is 0. The zero-order valence-corrected chi connectivity index (χ0v) is 11.9. The third-order valence-electron chi connectivity index (χ3n) is 4.04. The number of hydrogen-bond acceptors (Lipinski definition) is 3. The van der Waals surface area contributed by atoms with Crippen molar-refractivity contribution in [2.24, 2.45) is 11.3 Å². The molecule has 102 valence electrons. The van der Waals surface area contributed by atoms with E-state index in [1.807, 2.05) is 6.07 Å². The summed E-state index contributed by atoms with van der Waals surface area (Å²) in [6.07, 6.45) is 8.30. The van der Waals surface area contributed by atoms with Crippen LogP contribution in [0.15, 0.2) is 18.3 Å². The third-order valence-corrected chi connectivity index (χ3v) is 4.04. The molecular weight excluding hydrogens is 234 g/mol. The van der Waals surface area contributed by atoms with Crippen molar-refractivity contribution >= 4 is 5.82 Å². The summed E-state index contributed by atoms with van der Waals surface area (Å²) in [5.74, 6) is 1.56. The van der Waals surface area contributed by atoms with Gasteiger partial charge in [-0.2, -0.15) is 5.26 Å². The highest BCUT2D eigenvalue weighted by atomic mass is 15.0. The van der Waals surface area contributed by atoms with E-state index in [0.717, 1.165) is 18.3 Å². The maximum absolute atomic E-state index is 8.91. The van der Waals surface area contributed by atoms with Gasteiger partial charge in [-0.1, -0.05) is 26.7 Å². The monoisotopic (exact) mass is 257 g/mol. The molecule has 0 unspecified atom stereocenters. The number of pyridine rings is 1. The lowest BCUT2D eigenvalue weighted by Crippen LogP contribution is -2.28. The first-order chi connectivity index (χ1) is 9.13. The molecule has 0 aliphatic heterocycles. The molecule has 1 saturated carbocycles. The van der Waals surface area contributed by atoms with Crippen LogP contribution in [0.3, 0.4) is 0 Å². The van der Waals surface area contributed by atoms with Crippen LogP contribution in [0.2, 0.25) is 0 Å². The second-order valence-electron chi connectivity index (χ2n) is 6.20. The summed E-state index contributed by atoms with van der Waals surface area (Å²) >= 11 is 0. The van der Waals surface area contributed by atoms with Crippen LogP contribution < -0.4 is 5.32 Å². The molecule has 1 heterocycles. The normalized spacial score (nSPS) is 17.4. The van der Waals surface area contributed by atoms with Crippen LogP contribution >= 0.6 is 0 Å². The molecule has 3 heteroatoms. The lowest BCUT2D eigenvalue weighted by atomic mass is 9.78. The van der Waals surface area contributed by atoms with Gasteiger partial charge in [0.15, 0.2) is 0 Å². The molecule has 3 nitrogen and oxygen atoms in total. The van der Waals surface area contributed by atoms with Crippen molar-refractivity contribution < 1.29 is 0 Å². The summed E-state index contributed by atoms with van der Waals surface area (Å²) in [7, 11) is 0. The SMILES string of the molecule is CC(C)CC1(CNc2cc(C#N)ccn2)CCCC1. The first kappa shape index (κ1) is 13.9. The van der Waals surface area contributed by atoms with Gasteiger partial charge in [0.25, 0.3) is 0 Å². The van der Waals surface area contributed by atoms with Gasteiger partial charge in [-0.25, -0.2) is 4.98 Å². The highest BCUT2D eigenvalue weighted by molar-refractivity contribution is 5.42. The van der Waals surface area contributed by atoms with E-state index in [1.54, 1.807) is 12.3 Å². The van der Waals surface area contributed by atoms with Crippen LogP contribution in [-0.2, 0) is 0 Å². The maximum Gasteiger partial charge on any atom is 0.127 e. The summed E-state index contributed by atoms with van der Waals surface area (Å²) in [4.78, 5) is 4.30. The minimum Gasteiger partial charge on any atom is -0.369 e. The number of anilines is 1. The topological polar surface area (TPSA) is 48.7 Å². The van der Waals surface area contributed by atoms with Crippen molar-refractivity contribution in [2.75, 3.05) is 11.9 Å². The van der Waals surface area contributed by atoms with E-state index < -0.39 is 0 Å².